The van der Waals surface area contributed by atoms with Crippen LogP contribution >= 0.6 is 0 Å². The predicted molar refractivity (Wildman–Crippen MR) is 75.4 cm³/mol. The second kappa shape index (κ2) is 7.34. The molecule has 0 spiro atoms. The number of carboxylic acid groups (broad SMARTS) is 1. The number of rotatable bonds is 5. The van der Waals surface area contributed by atoms with Gasteiger partial charge in [-0.05, 0) is 38.8 Å². The van der Waals surface area contributed by atoms with Gasteiger partial charge in [0.2, 0.25) is 0 Å². The Balaban J connectivity index is 2.89. The predicted octanol–water partition coefficient (Wildman–Crippen LogP) is 3.01. The van der Waals surface area contributed by atoms with Gasteiger partial charge in [0.15, 0.2) is 11.6 Å². The lowest BCUT2D eigenvalue weighted by Crippen LogP contribution is -2.41. The van der Waals surface area contributed by atoms with Crippen molar-refractivity contribution < 1.29 is 32.6 Å². The van der Waals surface area contributed by atoms with E-state index in [9.17, 15) is 22.8 Å². The number of carbonyl (C=O) groups excluding carboxylic acids is 1. The molecule has 1 atom stereocenters. The average molecular weight is 333 g/mol. The molecule has 0 aliphatic rings. The molecule has 0 fully saturated rings. The second-order valence-electron chi connectivity index (χ2n) is 6.00. The second-order valence-corrected chi connectivity index (χ2v) is 6.00. The highest BCUT2D eigenvalue weighted by molar-refractivity contribution is 5.71. The summed E-state index contributed by atoms with van der Waals surface area (Å²) in [5, 5.41) is 11.1. The van der Waals surface area contributed by atoms with Crippen molar-refractivity contribution in [1.82, 2.24) is 5.32 Å². The van der Waals surface area contributed by atoms with Crippen LogP contribution in [-0.4, -0.2) is 28.8 Å². The fourth-order valence-electron chi connectivity index (χ4n) is 1.84. The monoisotopic (exact) mass is 333 g/mol. The fraction of sp³-hybridized carbons (Fsp3) is 0.467. The average Bonchev–Trinajstić information content (AvgIpc) is 2.32. The number of alkyl carbamates (subject to hydrolysis) is 1. The number of amides is 1. The first kappa shape index (κ1) is 18.8. The van der Waals surface area contributed by atoms with Crippen LogP contribution in [0.15, 0.2) is 12.1 Å². The molecule has 128 valence electrons. The van der Waals surface area contributed by atoms with E-state index in [0.29, 0.717) is 12.1 Å². The van der Waals surface area contributed by atoms with E-state index in [1.165, 1.54) is 0 Å². The maximum Gasteiger partial charge on any atom is 0.407 e. The molecule has 0 saturated heterocycles. The van der Waals surface area contributed by atoms with Crippen molar-refractivity contribution in [1.29, 1.82) is 0 Å². The Bertz CT molecular complexity index is 599. The first-order chi connectivity index (χ1) is 10.5. The number of hydrogen-bond acceptors (Lipinski definition) is 3. The summed E-state index contributed by atoms with van der Waals surface area (Å²) in [7, 11) is 0. The van der Waals surface area contributed by atoms with Gasteiger partial charge < -0.3 is 15.2 Å². The van der Waals surface area contributed by atoms with Crippen LogP contribution < -0.4 is 5.32 Å². The van der Waals surface area contributed by atoms with Crippen LogP contribution in [0, 0.1) is 17.5 Å². The molecule has 0 heterocycles. The molecule has 23 heavy (non-hydrogen) atoms. The van der Waals surface area contributed by atoms with Crippen LogP contribution in [0.25, 0.3) is 0 Å². The molecule has 1 amide bonds. The van der Waals surface area contributed by atoms with Crippen LogP contribution in [0.5, 0.6) is 0 Å². The first-order valence-corrected chi connectivity index (χ1v) is 6.82. The Morgan fingerprint density at radius 1 is 1.17 bits per heavy atom. The van der Waals surface area contributed by atoms with Gasteiger partial charge in [-0.2, -0.15) is 0 Å². The third kappa shape index (κ3) is 6.58. The van der Waals surface area contributed by atoms with Crippen molar-refractivity contribution in [2.45, 2.75) is 45.3 Å². The molecule has 0 bridgehead atoms. The molecule has 0 unspecified atom stereocenters. The topological polar surface area (TPSA) is 75.6 Å². The normalized spacial score (nSPS) is 12.6. The van der Waals surface area contributed by atoms with E-state index in [4.69, 9.17) is 9.84 Å². The highest BCUT2D eigenvalue weighted by atomic mass is 19.2. The summed E-state index contributed by atoms with van der Waals surface area (Å²) in [5.74, 6) is -4.87. The smallest absolute Gasteiger partial charge is 0.407 e. The minimum Gasteiger partial charge on any atom is -0.481 e. The zero-order valence-electron chi connectivity index (χ0n) is 13.0. The molecule has 0 radical (unpaired) electrons. The van der Waals surface area contributed by atoms with Crippen molar-refractivity contribution in [3.63, 3.8) is 0 Å². The van der Waals surface area contributed by atoms with Gasteiger partial charge in [-0.3, -0.25) is 4.79 Å². The summed E-state index contributed by atoms with van der Waals surface area (Å²) in [4.78, 5) is 22.5. The largest absolute Gasteiger partial charge is 0.481 e. The van der Waals surface area contributed by atoms with Gasteiger partial charge in [0.1, 0.15) is 11.4 Å². The van der Waals surface area contributed by atoms with E-state index in [1.54, 1.807) is 20.8 Å². The quantitative estimate of drug-likeness (QED) is 0.812. The summed E-state index contributed by atoms with van der Waals surface area (Å²) < 4.78 is 44.7. The number of ether oxygens (including phenoxy) is 1. The molecule has 0 aliphatic carbocycles. The van der Waals surface area contributed by atoms with Crippen LogP contribution in [0.1, 0.15) is 32.8 Å². The van der Waals surface area contributed by atoms with E-state index < -0.39 is 47.6 Å². The maximum atomic E-state index is 13.6. The van der Waals surface area contributed by atoms with Gasteiger partial charge >= 0.3 is 12.1 Å². The minimum absolute atomic E-state index is 0.244. The number of aliphatic carboxylic acids is 1. The van der Waals surface area contributed by atoms with E-state index in [0.717, 1.165) is 0 Å². The van der Waals surface area contributed by atoms with Gasteiger partial charge in [-0.1, -0.05) is 0 Å². The third-order valence-corrected chi connectivity index (χ3v) is 2.70. The first-order valence-electron chi connectivity index (χ1n) is 6.82. The van der Waals surface area contributed by atoms with Gasteiger partial charge in [-0.25, -0.2) is 18.0 Å². The number of carboxylic acids is 1. The van der Waals surface area contributed by atoms with Crippen LogP contribution in [0.2, 0.25) is 0 Å². The van der Waals surface area contributed by atoms with Crippen molar-refractivity contribution in [2.75, 3.05) is 0 Å². The SMILES string of the molecule is CC(C)(C)OC(=O)N[C@H](CC(=O)O)Cc1cc(F)c(F)cc1F. The third-order valence-electron chi connectivity index (χ3n) is 2.70. The number of hydrogen-bond donors (Lipinski definition) is 2. The Hall–Kier alpha value is -2.25. The van der Waals surface area contributed by atoms with Crippen molar-refractivity contribution in [3.8, 4) is 0 Å². The van der Waals surface area contributed by atoms with Gasteiger partial charge in [0, 0.05) is 12.1 Å². The Morgan fingerprint density at radius 3 is 2.26 bits per heavy atom. The molecule has 8 heteroatoms. The van der Waals surface area contributed by atoms with E-state index in [2.05, 4.69) is 5.32 Å². The van der Waals surface area contributed by atoms with E-state index in [1.807, 2.05) is 0 Å². The van der Waals surface area contributed by atoms with Gasteiger partial charge in [0.25, 0.3) is 0 Å². The molecule has 2 N–H and O–H groups in total. The minimum atomic E-state index is -1.35. The molecule has 1 rings (SSSR count). The molecular formula is C15H18F3NO4. The Kier molecular flexibility index (Phi) is 6.00. The van der Waals surface area contributed by atoms with E-state index in [-0.39, 0.29) is 12.0 Å². The molecule has 1 aromatic carbocycles. The maximum absolute atomic E-state index is 13.6. The molecule has 0 saturated carbocycles. The van der Waals surface area contributed by atoms with Crippen LogP contribution in [0.3, 0.4) is 0 Å². The van der Waals surface area contributed by atoms with Gasteiger partial charge in [0.05, 0.1) is 6.42 Å². The number of carbonyl (C=O) groups is 2. The molecule has 0 aliphatic heterocycles. The zero-order chi connectivity index (χ0) is 17.8. The summed E-state index contributed by atoms with van der Waals surface area (Å²) in [5.41, 5.74) is -1.04. The number of halogens is 3. The number of benzene rings is 1. The van der Waals surface area contributed by atoms with Crippen LogP contribution in [0.4, 0.5) is 18.0 Å². The van der Waals surface area contributed by atoms with Crippen LogP contribution in [-0.2, 0) is 16.0 Å². The lowest BCUT2D eigenvalue weighted by atomic mass is 10.0. The zero-order valence-corrected chi connectivity index (χ0v) is 13.0. The van der Waals surface area contributed by atoms with E-state index >= 15 is 0 Å². The summed E-state index contributed by atoms with van der Waals surface area (Å²) >= 11 is 0. The molecule has 1 aromatic rings. The standard InChI is InChI=1S/C15H18F3NO4/c1-15(2,3)23-14(22)19-9(6-13(20)21)4-8-5-11(17)12(18)7-10(8)16/h5,7,9H,4,6H2,1-3H3,(H,19,22)(H,20,21)/t9-/m0/s1. The fourth-order valence-corrected chi connectivity index (χ4v) is 1.84. The summed E-state index contributed by atoms with van der Waals surface area (Å²) in [6, 6.07) is -0.0339. The Labute approximate surface area is 131 Å². The van der Waals surface area contributed by atoms with Crippen molar-refractivity contribution in [2.24, 2.45) is 0 Å². The lowest BCUT2D eigenvalue weighted by molar-refractivity contribution is -0.137. The molecular weight excluding hydrogens is 315 g/mol. The summed E-state index contributed by atoms with van der Waals surface area (Å²) in [6.07, 6.45) is -1.74. The van der Waals surface area contributed by atoms with Crippen molar-refractivity contribution >= 4 is 12.1 Å². The number of nitrogens with one attached hydrogen (secondary N) is 1. The highest BCUT2D eigenvalue weighted by Crippen LogP contribution is 2.17. The van der Waals surface area contributed by atoms with Crippen molar-refractivity contribution in [3.05, 3.63) is 35.1 Å². The highest BCUT2D eigenvalue weighted by Gasteiger charge is 2.23. The Morgan fingerprint density at radius 2 is 1.74 bits per heavy atom. The molecule has 0 aromatic heterocycles. The summed E-state index contributed by atoms with van der Waals surface area (Å²) in [6.45, 7) is 4.86. The lowest BCUT2D eigenvalue weighted by Gasteiger charge is -2.23. The molecule has 5 nitrogen and oxygen atoms in total. The van der Waals surface area contributed by atoms with Gasteiger partial charge in [-0.15, -0.1) is 0 Å².